The Morgan fingerprint density at radius 2 is 1.68 bits per heavy atom. The van der Waals surface area contributed by atoms with Gasteiger partial charge in [0.15, 0.2) is 0 Å². The largest absolute Gasteiger partial charge is 0.459 e. The zero-order chi connectivity index (χ0) is 22.2. The highest BCUT2D eigenvalue weighted by Gasteiger charge is 2.62. The van der Waals surface area contributed by atoms with Gasteiger partial charge in [0.2, 0.25) is 0 Å². The van der Waals surface area contributed by atoms with Gasteiger partial charge in [-0.25, -0.2) is 0 Å². The van der Waals surface area contributed by atoms with Crippen LogP contribution in [-0.2, 0) is 0 Å². The summed E-state index contributed by atoms with van der Waals surface area (Å²) in [6.45, 7) is 3.17. The summed E-state index contributed by atoms with van der Waals surface area (Å²) in [7, 11) is 0. The second kappa shape index (κ2) is 8.27. The molecule has 0 aromatic heterocycles. The van der Waals surface area contributed by atoms with Gasteiger partial charge in [0.25, 0.3) is 0 Å². The summed E-state index contributed by atoms with van der Waals surface area (Å²) in [5.41, 5.74) is 0.522. The van der Waals surface area contributed by atoms with Crippen LogP contribution in [-0.4, -0.2) is 44.0 Å². The van der Waals surface area contributed by atoms with E-state index in [2.05, 4.69) is 15.3 Å². The summed E-state index contributed by atoms with van der Waals surface area (Å²) < 4.78 is 67.4. The number of hydrogen-bond acceptors (Lipinski definition) is 4. The fraction of sp³-hybridized carbons (Fsp3) is 0.381. The molecule has 0 bridgehead atoms. The van der Waals surface area contributed by atoms with Crippen LogP contribution >= 0.6 is 11.6 Å². The van der Waals surface area contributed by atoms with E-state index in [1.54, 1.807) is 36.4 Å². The van der Waals surface area contributed by atoms with Crippen LogP contribution in [0.15, 0.2) is 53.6 Å². The molecule has 2 aromatic carbocycles. The normalized spacial score (nSPS) is 20.2. The number of nitrogens with zero attached hydrogens (tertiary/aromatic N) is 3. The lowest BCUT2D eigenvalue weighted by molar-refractivity contribution is -0.249. The van der Waals surface area contributed by atoms with Crippen molar-refractivity contribution >= 4 is 28.7 Å². The van der Waals surface area contributed by atoms with Crippen molar-refractivity contribution in [2.24, 2.45) is 5.10 Å². The number of halogens is 6. The summed E-state index contributed by atoms with van der Waals surface area (Å²) in [6.07, 6.45) is -6.29. The van der Waals surface area contributed by atoms with Gasteiger partial charge in [-0.15, -0.1) is 0 Å². The standard InChI is InChI=1S/C21H20ClF5N4/c22-16-6-1-2-7-17(16)31-18(13-19(29-31)20(23,24)21(25,26)27)14-4-3-5-15(12-14)30-10-8-28-9-11-30/h1-7,12,18,28H,8-11,13H2. The third kappa shape index (κ3) is 4.21. The van der Waals surface area contributed by atoms with Gasteiger partial charge in [-0.1, -0.05) is 35.9 Å². The summed E-state index contributed by atoms with van der Waals surface area (Å²) in [5, 5.41) is 8.37. The Morgan fingerprint density at radius 1 is 0.968 bits per heavy atom. The molecule has 10 heteroatoms. The molecule has 0 amide bonds. The number of nitrogens with one attached hydrogen (secondary N) is 1. The molecule has 0 radical (unpaired) electrons. The molecular weight excluding hydrogens is 439 g/mol. The molecule has 2 aliphatic rings. The van der Waals surface area contributed by atoms with Gasteiger partial charge >= 0.3 is 12.1 Å². The van der Waals surface area contributed by atoms with Crippen molar-refractivity contribution in [3.05, 3.63) is 59.1 Å². The first kappa shape index (κ1) is 21.8. The number of hydrazone groups is 1. The minimum absolute atomic E-state index is 0.214. The maximum absolute atomic E-state index is 14.2. The second-order valence-electron chi connectivity index (χ2n) is 7.47. The zero-order valence-corrected chi connectivity index (χ0v) is 17.1. The lowest BCUT2D eigenvalue weighted by Gasteiger charge is -2.31. The molecule has 1 N–H and O–H groups in total. The molecule has 4 rings (SSSR count). The van der Waals surface area contributed by atoms with Gasteiger partial charge in [-0.3, -0.25) is 5.01 Å². The van der Waals surface area contributed by atoms with Crippen LogP contribution in [0.2, 0.25) is 5.02 Å². The second-order valence-corrected chi connectivity index (χ2v) is 7.87. The van der Waals surface area contributed by atoms with Crippen molar-refractivity contribution < 1.29 is 22.0 Å². The maximum atomic E-state index is 14.2. The van der Waals surface area contributed by atoms with Gasteiger partial charge in [-0.2, -0.15) is 27.1 Å². The van der Waals surface area contributed by atoms with Crippen molar-refractivity contribution in [3.63, 3.8) is 0 Å². The summed E-state index contributed by atoms with van der Waals surface area (Å²) >= 11 is 6.23. The third-order valence-electron chi connectivity index (χ3n) is 5.47. The highest BCUT2D eigenvalue weighted by molar-refractivity contribution is 6.33. The SMILES string of the molecule is FC(F)(F)C(F)(F)C1=NN(c2ccccc2Cl)C(c2cccc(N3CCNCC3)c2)C1. The van der Waals surface area contributed by atoms with Crippen molar-refractivity contribution in [3.8, 4) is 0 Å². The van der Waals surface area contributed by atoms with Crippen LogP contribution in [0.3, 0.4) is 0 Å². The number of alkyl halides is 5. The van der Waals surface area contributed by atoms with Crippen LogP contribution in [0, 0.1) is 0 Å². The Hall–Kier alpha value is -2.39. The number of hydrogen-bond donors (Lipinski definition) is 1. The average Bonchev–Trinajstić information content (AvgIpc) is 3.20. The molecule has 2 heterocycles. The van der Waals surface area contributed by atoms with Crippen LogP contribution < -0.4 is 15.2 Å². The van der Waals surface area contributed by atoms with E-state index >= 15 is 0 Å². The van der Waals surface area contributed by atoms with Crippen LogP contribution in [0.25, 0.3) is 0 Å². The molecule has 2 aliphatic heterocycles. The highest BCUT2D eigenvalue weighted by Crippen LogP contribution is 2.46. The highest BCUT2D eigenvalue weighted by atomic mass is 35.5. The Morgan fingerprint density at radius 3 is 2.35 bits per heavy atom. The lowest BCUT2D eigenvalue weighted by Crippen LogP contribution is -2.43. The number of piperazine rings is 1. The Labute approximate surface area is 181 Å². The molecule has 0 spiro atoms. The minimum Gasteiger partial charge on any atom is -0.369 e. The number of rotatable bonds is 4. The average molecular weight is 459 g/mol. The third-order valence-corrected chi connectivity index (χ3v) is 5.78. The fourth-order valence-corrected chi connectivity index (χ4v) is 4.06. The summed E-state index contributed by atoms with van der Waals surface area (Å²) in [5.74, 6) is -5.03. The predicted molar refractivity (Wildman–Crippen MR) is 111 cm³/mol. The molecule has 166 valence electrons. The molecule has 1 unspecified atom stereocenters. The van der Waals surface area contributed by atoms with Crippen molar-refractivity contribution in [1.29, 1.82) is 0 Å². The molecule has 1 atom stereocenters. The maximum Gasteiger partial charge on any atom is 0.459 e. The van der Waals surface area contributed by atoms with Gasteiger partial charge < -0.3 is 10.2 Å². The molecule has 1 saturated heterocycles. The van der Waals surface area contributed by atoms with E-state index in [1.807, 2.05) is 12.1 Å². The first-order valence-corrected chi connectivity index (χ1v) is 10.2. The number of benzene rings is 2. The van der Waals surface area contributed by atoms with Crippen molar-refractivity contribution in [1.82, 2.24) is 5.32 Å². The topological polar surface area (TPSA) is 30.9 Å². The predicted octanol–water partition coefficient (Wildman–Crippen LogP) is 5.25. The summed E-state index contributed by atoms with van der Waals surface area (Å²) in [6, 6.07) is 12.7. The number of para-hydroxylation sites is 1. The quantitative estimate of drug-likeness (QED) is 0.634. The first-order valence-electron chi connectivity index (χ1n) is 9.80. The first-order chi connectivity index (χ1) is 14.7. The van der Waals surface area contributed by atoms with Crippen LogP contribution in [0.5, 0.6) is 0 Å². The van der Waals surface area contributed by atoms with Gasteiger partial charge in [-0.05, 0) is 29.8 Å². The molecule has 31 heavy (non-hydrogen) atoms. The molecule has 4 nitrogen and oxygen atoms in total. The lowest BCUT2D eigenvalue weighted by atomic mass is 9.98. The fourth-order valence-electron chi connectivity index (χ4n) is 3.83. The van der Waals surface area contributed by atoms with Gasteiger partial charge in [0.1, 0.15) is 5.71 Å². The Kier molecular flexibility index (Phi) is 5.83. The van der Waals surface area contributed by atoms with E-state index in [0.717, 1.165) is 31.9 Å². The van der Waals surface area contributed by atoms with Crippen LogP contribution in [0.4, 0.5) is 33.3 Å². The smallest absolute Gasteiger partial charge is 0.369 e. The molecule has 0 aliphatic carbocycles. The molecule has 0 saturated carbocycles. The van der Waals surface area contributed by atoms with Crippen LogP contribution in [0.1, 0.15) is 18.0 Å². The zero-order valence-electron chi connectivity index (χ0n) is 16.3. The van der Waals surface area contributed by atoms with E-state index in [-0.39, 0.29) is 10.7 Å². The van der Waals surface area contributed by atoms with E-state index in [0.29, 0.717) is 5.56 Å². The van der Waals surface area contributed by atoms with Gasteiger partial charge in [0.05, 0.1) is 16.8 Å². The number of anilines is 2. The van der Waals surface area contributed by atoms with E-state index in [1.165, 1.54) is 5.01 Å². The summed E-state index contributed by atoms with van der Waals surface area (Å²) in [4.78, 5) is 2.14. The molecule has 2 aromatic rings. The minimum atomic E-state index is -5.73. The molecular formula is C21H20ClF5N4. The van der Waals surface area contributed by atoms with Crippen molar-refractivity contribution in [2.45, 2.75) is 24.6 Å². The van der Waals surface area contributed by atoms with Crippen molar-refractivity contribution in [2.75, 3.05) is 36.1 Å². The monoisotopic (exact) mass is 458 g/mol. The molecule has 1 fully saturated rings. The van der Waals surface area contributed by atoms with E-state index < -0.39 is 30.3 Å². The Balaban J connectivity index is 1.73. The van der Waals surface area contributed by atoms with Gasteiger partial charge in [0, 0.05) is 38.3 Å². The van der Waals surface area contributed by atoms with E-state index in [9.17, 15) is 22.0 Å². The Bertz CT molecular complexity index is 972. The van der Waals surface area contributed by atoms with E-state index in [4.69, 9.17) is 11.6 Å².